The largest absolute Gasteiger partial charge is 0.456 e. The summed E-state index contributed by atoms with van der Waals surface area (Å²) in [5.41, 5.74) is 0.916. The molecule has 0 saturated carbocycles. The smallest absolute Gasteiger partial charge is 0.329 e. The Kier molecular flexibility index (Phi) is 6.86. The fourth-order valence-corrected chi connectivity index (χ4v) is 3.26. The lowest BCUT2D eigenvalue weighted by Gasteiger charge is -2.18. The number of carbonyl (C=O) groups excluding carboxylic acids is 3. The molecule has 1 heterocycles. The lowest BCUT2D eigenvalue weighted by Crippen LogP contribution is -2.34. The Morgan fingerprint density at radius 2 is 1.66 bits per heavy atom. The molecule has 1 N–H and O–H groups in total. The van der Waals surface area contributed by atoms with Gasteiger partial charge < -0.3 is 10.1 Å². The average molecular weight is 411 g/mol. The zero-order valence-electron chi connectivity index (χ0n) is 15.3. The van der Waals surface area contributed by atoms with Crippen LogP contribution in [0.5, 0.6) is 0 Å². The number of rotatable bonds is 9. The number of ketones is 2. The van der Waals surface area contributed by atoms with Gasteiger partial charge in [0.2, 0.25) is 5.78 Å². The summed E-state index contributed by atoms with van der Waals surface area (Å²) in [5, 5.41) is 4.65. The maximum Gasteiger partial charge on any atom is 0.329 e. The molecule has 5 nitrogen and oxygen atoms in total. The second-order valence-corrected chi connectivity index (χ2v) is 7.15. The number of hydrogen-bond acceptors (Lipinski definition) is 6. The number of Topliss-reactive ketones (excluding diaryl/α,β-unsaturated/α-hetero) is 2. The van der Waals surface area contributed by atoms with Crippen molar-refractivity contribution in [2.45, 2.75) is 12.5 Å². The summed E-state index contributed by atoms with van der Waals surface area (Å²) >= 11 is 1.26. The maximum absolute atomic E-state index is 13.1. The van der Waals surface area contributed by atoms with Crippen LogP contribution in [0.2, 0.25) is 0 Å². The summed E-state index contributed by atoms with van der Waals surface area (Å²) in [6.45, 7) is -0.416. The van der Waals surface area contributed by atoms with Gasteiger partial charge in [-0.2, -0.15) is 0 Å². The molecule has 0 bridgehead atoms. The van der Waals surface area contributed by atoms with Crippen molar-refractivity contribution in [2.75, 3.05) is 11.9 Å². The number of thiophene rings is 1. The standard InChI is InChI=1S/C22H18FNO4S/c23-16-8-10-17(11-9-16)24-18(13-19(25)15-5-2-1-3-6-15)22(27)28-14-20(26)21-7-4-12-29-21/h1-12,18,24H,13-14H2/t18-/m1/s1. The second-order valence-electron chi connectivity index (χ2n) is 6.21. The Labute approximate surface area is 171 Å². The third-order valence-corrected chi connectivity index (χ3v) is 5.01. The van der Waals surface area contributed by atoms with Crippen molar-refractivity contribution >= 4 is 34.6 Å². The zero-order chi connectivity index (χ0) is 20.6. The van der Waals surface area contributed by atoms with Gasteiger partial charge in [0, 0.05) is 17.7 Å². The third kappa shape index (κ3) is 5.83. The maximum atomic E-state index is 13.1. The van der Waals surface area contributed by atoms with Gasteiger partial charge in [0.05, 0.1) is 4.88 Å². The van der Waals surface area contributed by atoms with Crippen LogP contribution < -0.4 is 5.32 Å². The van der Waals surface area contributed by atoms with Crippen molar-refractivity contribution in [3.05, 3.63) is 88.4 Å². The second kappa shape index (κ2) is 9.75. The van der Waals surface area contributed by atoms with E-state index in [0.29, 0.717) is 16.1 Å². The Morgan fingerprint density at radius 1 is 0.931 bits per heavy atom. The van der Waals surface area contributed by atoms with Gasteiger partial charge >= 0.3 is 5.97 Å². The van der Waals surface area contributed by atoms with Crippen LogP contribution in [0.1, 0.15) is 26.5 Å². The molecule has 3 aromatic rings. The summed E-state index contributed by atoms with van der Waals surface area (Å²) in [6.07, 6.45) is -0.173. The van der Waals surface area contributed by atoms with Crippen LogP contribution in [0.25, 0.3) is 0 Å². The van der Waals surface area contributed by atoms with Gasteiger partial charge in [0.25, 0.3) is 0 Å². The normalized spacial score (nSPS) is 11.5. The van der Waals surface area contributed by atoms with Crippen molar-refractivity contribution in [3.63, 3.8) is 0 Å². The number of benzene rings is 2. The highest BCUT2D eigenvalue weighted by molar-refractivity contribution is 7.12. The number of ether oxygens (including phenoxy) is 1. The van der Waals surface area contributed by atoms with Crippen molar-refractivity contribution in [1.29, 1.82) is 0 Å². The number of carbonyl (C=O) groups is 3. The highest BCUT2D eigenvalue weighted by Gasteiger charge is 2.25. The quantitative estimate of drug-likeness (QED) is 0.418. The van der Waals surface area contributed by atoms with Gasteiger partial charge in [0.1, 0.15) is 11.9 Å². The van der Waals surface area contributed by atoms with E-state index in [9.17, 15) is 18.8 Å². The molecule has 0 amide bonds. The molecule has 0 aliphatic carbocycles. The minimum atomic E-state index is -1.02. The van der Waals surface area contributed by atoms with E-state index in [0.717, 1.165) is 0 Å². The van der Waals surface area contributed by atoms with Gasteiger partial charge in [-0.1, -0.05) is 36.4 Å². The van der Waals surface area contributed by atoms with Gasteiger partial charge in [-0.3, -0.25) is 9.59 Å². The minimum Gasteiger partial charge on any atom is -0.456 e. The molecule has 0 unspecified atom stereocenters. The first kappa shape index (κ1) is 20.4. The van der Waals surface area contributed by atoms with Gasteiger partial charge in [-0.25, -0.2) is 9.18 Å². The van der Waals surface area contributed by atoms with Gasteiger partial charge in [-0.05, 0) is 35.7 Å². The van der Waals surface area contributed by atoms with Crippen LogP contribution in [0.4, 0.5) is 10.1 Å². The van der Waals surface area contributed by atoms with E-state index < -0.39 is 24.4 Å². The summed E-state index contributed by atoms with van der Waals surface area (Å²) in [4.78, 5) is 37.7. The molecule has 0 aliphatic heterocycles. The number of esters is 1. The first-order chi connectivity index (χ1) is 14.0. The van der Waals surface area contributed by atoms with E-state index in [1.54, 1.807) is 47.8 Å². The summed E-state index contributed by atoms with van der Waals surface area (Å²) in [7, 11) is 0. The molecular weight excluding hydrogens is 393 g/mol. The van der Waals surface area contributed by atoms with Crippen molar-refractivity contribution in [3.8, 4) is 0 Å². The minimum absolute atomic E-state index is 0.173. The molecule has 148 valence electrons. The zero-order valence-corrected chi connectivity index (χ0v) is 16.2. The van der Waals surface area contributed by atoms with E-state index >= 15 is 0 Å². The van der Waals surface area contributed by atoms with Gasteiger partial charge in [0.15, 0.2) is 12.4 Å². The first-order valence-corrected chi connectivity index (χ1v) is 9.74. The highest BCUT2D eigenvalue weighted by atomic mass is 32.1. The molecule has 0 fully saturated rings. The predicted octanol–water partition coefficient (Wildman–Crippen LogP) is 4.37. The van der Waals surface area contributed by atoms with Crippen molar-refractivity contribution in [2.24, 2.45) is 0 Å². The summed E-state index contributed by atoms with van der Waals surface area (Å²) < 4.78 is 18.3. The fourth-order valence-electron chi connectivity index (χ4n) is 2.61. The van der Waals surface area contributed by atoms with Crippen molar-refractivity contribution < 1.29 is 23.5 Å². The van der Waals surface area contributed by atoms with Crippen LogP contribution in [-0.4, -0.2) is 30.2 Å². The van der Waals surface area contributed by atoms with E-state index in [1.807, 2.05) is 0 Å². The molecular formula is C22H18FNO4S. The molecule has 1 atom stereocenters. The number of anilines is 1. The third-order valence-electron chi connectivity index (χ3n) is 4.10. The van der Waals surface area contributed by atoms with E-state index in [1.165, 1.54) is 35.6 Å². The first-order valence-electron chi connectivity index (χ1n) is 8.86. The molecule has 0 radical (unpaired) electrons. The average Bonchev–Trinajstić information content (AvgIpc) is 3.28. The van der Waals surface area contributed by atoms with Crippen LogP contribution in [0.3, 0.4) is 0 Å². The van der Waals surface area contributed by atoms with Crippen LogP contribution in [0.15, 0.2) is 72.1 Å². The molecule has 0 aliphatic rings. The SMILES string of the molecule is O=C(C[C@@H](Nc1ccc(F)cc1)C(=O)OCC(=O)c1cccs1)c1ccccc1. The highest BCUT2D eigenvalue weighted by Crippen LogP contribution is 2.15. The molecule has 0 saturated heterocycles. The molecule has 1 aromatic heterocycles. The van der Waals surface area contributed by atoms with Crippen molar-refractivity contribution in [1.82, 2.24) is 0 Å². The van der Waals surface area contributed by atoms with E-state index in [-0.39, 0.29) is 18.0 Å². The van der Waals surface area contributed by atoms with Crippen LogP contribution in [-0.2, 0) is 9.53 Å². The Morgan fingerprint density at radius 3 is 2.31 bits per heavy atom. The fraction of sp³-hybridized carbons (Fsp3) is 0.136. The number of hydrogen-bond donors (Lipinski definition) is 1. The van der Waals surface area contributed by atoms with Gasteiger partial charge in [-0.15, -0.1) is 11.3 Å². The molecule has 0 spiro atoms. The predicted molar refractivity (Wildman–Crippen MR) is 109 cm³/mol. The molecule has 29 heavy (non-hydrogen) atoms. The van der Waals surface area contributed by atoms with Crippen LogP contribution >= 0.6 is 11.3 Å². The molecule has 7 heteroatoms. The summed E-state index contributed by atoms with van der Waals surface area (Å²) in [6, 6.07) is 16.3. The Bertz CT molecular complexity index is 972. The number of nitrogens with one attached hydrogen (secondary N) is 1. The lowest BCUT2D eigenvalue weighted by molar-refractivity contribution is -0.143. The monoisotopic (exact) mass is 411 g/mol. The molecule has 3 rings (SSSR count). The van der Waals surface area contributed by atoms with E-state index in [2.05, 4.69) is 5.32 Å². The topological polar surface area (TPSA) is 72.5 Å². The Hall–Kier alpha value is -3.32. The molecule has 2 aromatic carbocycles. The van der Waals surface area contributed by atoms with Crippen LogP contribution in [0, 0.1) is 5.82 Å². The number of halogens is 1. The Balaban J connectivity index is 1.70. The van der Waals surface area contributed by atoms with E-state index in [4.69, 9.17) is 4.74 Å². The lowest BCUT2D eigenvalue weighted by atomic mass is 10.0. The summed E-state index contributed by atoms with van der Waals surface area (Å²) in [5.74, 6) is -1.73.